The van der Waals surface area contributed by atoms with Crippen LogP contribution in [0.15, 0.2) is 52.3 Å². The third-order valence-electron chi connectivity index (χ3n) is 4.26. The summed E-state index contributed by atoms with van der Waals surface area (Å²) >= 11 is 14.8. The van der Waals surface area contributed by atoms with Crippen LogP contribution in [0.3, 0.4) is 0 Å². The first-order valence-corrected chi connectivity index (χ1v) is 11.5. The van der Waals surface area contributed by atoms with E-state index < -0.39 is 11.6 Å². The van der Waals surface area contributed by atoms with Gasteiger partial charge in [0.15, 0.2) is 17.3 Å². The van der Waals surface area contributed by atoms with Gasteiger partial charge in [-0.1, -0.05) is 29.3 Å². The molecular formula is C20H13Cl2F2N3OS2. The average Bonchev–Trinajstić information content (AvgIpc) is 3.08. The van der Waals surface area contributed by atoms with Gasteiger partial charge in [-0.05, 0) is 36.6 Å². The molecule has 1 N–H and O–H groups in total. The molecule has 30 heavy (non-hydrogen) atoms. The Kier molecular flexibility index (Phi) is 6.11. The van der Waals surface area contributed by atoms with Gasteiger partial charge in [0, 0.05) is 27.3 Å². The molecule has 2 aromatic carbocycles. The fraction of sp³-hybridized carbons (Fsp3) is 0.100. The molecule has 0 saturated carbocycles. The van der Waals surface area contributed by atoms with Crippen molar-refractivity contribution in [2.45, 2.75) is 15.5 Å². The van der Waals surface area contributed by atoms with Gasteiger partial charge < -0.3 is 5.11 Å². The van der Waals surface area contributed by atoms with Crippen molar-refractivity contribution in [3.8, 4) is 17.1 Å². The number of hydrogen-bond donors (Lipinski definition) is 1. The zero-order chi connectivity index (χ0) is 21.4. The maximum atomic E-state index is 13.9. The maximum Gasteiger partial charge on any atom is 0.215 e. The number of rotatable bonds is 5. The molecule has 10 heteroatoms. The highest BCUT2D eigenvalue weighted by Crippen LogP contribution is 2.38. The van der Waals surface area contributed by atoms with Crippen LogP contribution in [0.1, 0.15) is 5.69 Å². The van der Waals surface area contributed by atoms with Crippen LogP contribution in [0.5, 0.6) is 5.88 Å². The second-order valence-electron chi connectivity index (χ2n) is 6.19. The van der Waals surface area contributed by atoms with E-state index in [1.54, 1.807) is 18.2 Å². The molecule has 0 aliphatic heterocycles. The molecule has 0 radical (unpaired) electrons. The van der Waals surface area contributed by atoms with E-state index in [0.29, 0.717) is 32.6 Å². The first-order chi connectivity index (χ1) is 14.4. The quantitative estimate of drug-likeness (QED) is 0.320. The van der Waals surface area contributed by atoms with E-state index in [4.69, 9.17) is 23.2 Å². The molecule has 0 aliphatic carbocycles. The first kappa shape index (κ1) is 21.2. The van der Waals surface area contributed by atoms with Gasteiger partial charge >= 0.3 is 0 Å². The van der Waals surface area contributed by atoms with Crippen molar-refractivity contribution >= 4 is 52.4 Å². The molecule has 4 rings (SSSR count). The van der Waals surface area contributed by atoms with Crippen molar-refractivity contribution in [3.05, 3.63) is 69.8 Å². The van der Waals surface area contributed by atoms with Crippen molar-refractivity contribution in [2.75, 3.05) is 6.26 Å². The molecule has 0 atom stereocenters. The van der Waals surface area contributed by atoms with Crippen molar-refractivity contribution in [1.29, 1.82) is 0 Å². The predicted octanol–water partition coefficient (Wildman–Crippen LogP) is 6.70. The zero-order valence-corrected chi connectivity index (χ0v) is 18.5. The van der Waals surface area contributed by atoms with Crippen LogP contribution in [0, 0.1) is 11.6 Å². The molecule has 4 aromatic rings. The minimum absolute atomic E-state index is 0.123. The van der Waals surface area contributed by atoms with Crippen molar-refractivity contribution < 1.29 is 13.9 Å². The van der Waals surface area contributed by atoms with Gasteiger partial charge in [0.1, 0.15) is 5.69 Å². The lowest BCUT2D eigenvalue weighted by atomic mass is 10.1. The summed E-state index contributed by atoms with van der Waals surface area (Å²) in [6.07, 6.45) is 1.87. The Morgan fingerprint density at radius 3 is 2.67 bits per heavy atom. The second-order valence-corrected chi connectivity index (χ2v) is 8.87. The SMILES string of the molecule is CSc1c(-c2ccc(Cl)cc2Cl)nn2c(O)cc(CSc3cccc(F)c3F)nc12. The van der Waals surface area contributed by atoms with Crippen LogP contribution in [0.25, 0.3) is 16.9 Å². The van der Waals surface area contributed by atoms with Gasteiger partial charge in [-0.25, -0.2) is 13.8 Å². The minimum Gasteiger partial charge on any atom is -0.493 e. The molecule has 0 fully saturated rings. The lowest BCUT2D eigenvalue weighted by molar-refractivity contribution is 0.434. The Labute approximate surface area is 189 Å². The summed E-state index contributed by atoms with van der Waals surface area (Å²) in [6.45, 7) is 0. The average molecular weight is 484 g/mol. The smallest absolute Gasteiger partial charge is 0.215 e. The van der Waals surface area contributed by atoms with E-state index in [2.05, 4.69) is 10.1 Å². The number of benzene rings is 2. The van der Waals surface area contributed by atoms with Crippen LogP contribution in [-0.4, -0.2) is 26.0 Å². The van der Waals surface area contributed by atoms with E-state index in [9.17, 15) is 13.9 Å². The molecule has 0 bridgehead atoms. The van der Waals surface area contributed by atoms with Crippen LogP contribution < -0.4 is 0 Å². The highest BCUT2D eigenvalue weighted by molar-refractivity contribution is 7.99. The van der Waals surface area contributed by atoms with Crippen LogP contribution in [-0.2, 0) is 5.75 Å². The fourth-order valence-electron chi connectivity index (χ4n) is 2.90. The van der Waals surface area contributed by atoms with Gasteiger partial charge in [-0.15, -0.1) is 23.5 Å². The molecule has 0 aliphatic rings. The molecule has 154 valence electrons. The Morgan fingerprint density at radius 1 is 1.13 bits per heavy atom. The zero-order valence-electron chi connectivity index (χ0n) is 15.4. The number of aromatic hydroxyl groups is 1. The van der Waals surface area contributed by atoms with Gasteiger partial charge in [0.25, 0.3) is 0 Å². The molecule has 0 unspecified atom stereocenters. The highest BCUT2D eigenvalue weighted by atomic mass is 35.5. The molecule has 2 heterocycles. The third kappa shape index (κ3) is 3.97. The maximum absolute atomic E-state index is 13.9. The molecular weight excluding hydrogens is 471 g/mol. The summed E-state index contributed by atoms with van der Waals surface area (Å²) in [5, 5.41) is 15.9. The summed E-state index contributed by atoms with van der Waals surface area (Å²) in [4.78, 5) is 5.47. The summed E-state index contributed by atoms with van der Waals surface area (Å²) in [6, 6.07) is 10.5. The van der Waals surface area contributed by atoms with E-state index in [-0.39, 0.29) is 16.5 Å². The predicted molar refractivity (Wildman–Crippen MR) is 118 cm³/mol. The Bertz CT molecular complexity index is 1270. The van der Waals surface area contributed by atoms with E-state index >= 15 is 0 Å². The minimum atomic E-state index is -0.906. The van der Waals surface area contributed by atoms with E-state index in [1.807, 2.05) is 6.26 Å². The van der Waals surface area contributed by atoms with Crippen LogP contribution in [0.4, 0.5) is 8.78 Å². The topological polar surface area (TPSA) is 50.4 Å². The van der Waals surface area contributed by atoms with Gasteiger partial charge in [0.2, 0.25) is 5.88 Å². The molecule has 0 amide bonds. The summed E-state index contributed by atoms with van der Waals surface area (Å²) in [7, 11) is 0. The largest absolute Gasteiger partial charge is 0.493 e. The highest BCUT2D eigenvalue weighted by Gasteiger charge is 2.20. The normalized spacial score (nSPS) is 11.4. The number of thioether (sulfide) groups is 2. The monoisotopic (exact) mass is 483 g/mol. The van der Waals surface area contributed by atoms with Crippen LogP contribution in [0.2, 0.25) is 10.0 Å². The third-order valence-corrected chi connectivity index (χ3v) is 6.66. The van der Waals surface area contributed by atoms with Crippen molar-refractivity contribution in [1.82, 2.24) is 14.6 Å². The Balaban J connectivity index is 1.75. The standard InChI is InChI=1S/C20H13Cl2F2N3OS2/c1-29-19-18(12-6-5-10(21)7-13(12)22)26-27-16(28)8-11(25-20(19)27)9-30-15-4-2-3-14(23)17(15)24/h2-8,28H,9H2,1H3. The van der Waals surface area contributed by atoms with E-state index in [1.165, 1.54) is 34.5 Å². The summed E-state index contributed by atoms with van der Waals surface area (Å²) in [5.74, 6) is -1.69. The molecule has 4 nitrogen and oxygen atoms in total. The van der Waals surface area contributed by atoms with Crippen molar-refractivity contribution in [3.63, 3.8) is 0 Å². The number of aromatic nitrogens is 3. The summed E-state index contributed by atoms with van der Waals surface area (Å²) in [5.41, 5.74) is 2.16. The Morgan fingerprint density at radius 2 is 1.93 bits per heavy atom. The van der Waals surface area contributed by atoms with Crippen LogP contribution >= 0.6 is 46.7 Å². The van der Waals surface area contributed by atoms with Gasteiger partial charge in [-0.3, -0.25) is 0 Å². The number of fused-ring (bicyclic) bond motifs is 1. The molecule has 0 saturated heterocycles. The van der Waals surface area contributed by atoms with E-state index in [0.717, 1.165) is 22.7 Å². The Hall–Kier alpha value is -2.00. The first-order valence-electron chi connectivity index (χ1n) is 8.57. The number of halogens is 4. The molecule has 2 aromatic heterocycles. The van der Waals surface area contributed by atoms with Gasteiger partial charge in [-0.2, -0.15) is 9.61 Å². The molecule has 0 spiro atoms. The summed E-state index contributed by atoms with van der Waals surface area (Å²) < 4.78 is 28.7. The fourth-order valence-corrected chi connectivity index (χ4v) is 4.91. The van der Waals surface area contributed by atoms with Gasteiger partial charge in [0.05, 0.1) is 15.6 Å². The lowest BCUT2D eigenvalue weighted by Crippen LogP contribution is -1.96. The number of nitrogens with zero attached hydrogens (tertiary/aromatic N) is 3. The second kappa shape index (κ2) is 8.63. The number of hydrogen-bond acceptors (Lipinski definition) is 5. The van der Waals surface area contributed by atoms with Crippen molar-refractivity contribution in [2.24, 2.45) is 0 Å². The lowest BCUT2D eigenvalue weighted by Gasteiger charge is -2.06.